The maximum Gasteiger partial charge on any atom is 0.246 e. The third-order valence-corrected chi connectivity index (χ3v) is 7.50. The van der Waals surface area contributed by atoms with Crippen molar-refractivity contribution >= 4 is 34.4 Å². The molecule has 2 aromatic carbocycles. The summed E-state index contributed by atoms with van der Waals surface area (Å²) in [6, 6.07) is 17.3. The van der Waals surface area contributed by atoms with Crippen molar-refractivity contribution < 1.29 is 14.3 Å². The van der Waals surface area contributed by atoms with E-state index in [1.54, 1.807) is 6.08 Å². The summed E-state index contributed by atoms with van der Waals surface area (Å²) in [5, 5.41) is 4.24. The van der Waals surface area contributed by atoms with Crippen molar-refractivity contribution in [2.45, 2.75) is 25.3 Å². The lowest BCUT2D eigenvalue weighted by Crippen LogP contribution is -2.27. The number of fused-ring (bicyclic) bond motifs is 1. The first-order valence-electron chi connectivity index (χ1n) is 13.9. The molecule has 41 heavy (non-hydrogen) atoms. The van der Waals surface area contributed by atoms with Crippen LogP contribution in [-0.4, -0.2) is 65.2 Å². The molecule has 1 unspecified atom stereocenters. The number of nitrogens with one attached hydrogen (secondary N) is 1. The molecule has 0 spiro atoms. The number of nitrogens with two attached hydrogens (primary N) is 1. The number of likely N-dealkylation sites (N-methyl/N-ethyl adjacent to an activating group) is 1. The van der Waals surface area contributed by atoms with E-state index in [9.17, 15) is 4.79 Å². The van der Waals surface area contributed by atoms with Crippen LogP contribution in [0.25, 0.3) is 22.2 Å². The molecule has 1 amide bonds. The normalized spacial score (nSPS) is 16.7. The predicted molar refractivity (Wildman–Crippen MR) is 162 cm³/mol. The summed E-state index contributed by atoms with van der Waals surface area (Å²) in [5.74, 6) is 1.83. The Morgan fingerprint density at radius 1 is 1.12 bits per heavy atom. The number of hydrogen-bond donors (Lipinski definition) is 2. The molecule has 3 N–H and O–H groups in total. The first-order chi connectivity index (χ1) is 20.1. The number of halogens is 1. The number of amides is 1. The van der Waals surface area contributed by atoms with E-state index in [-0.39, 0.29) is 11.9 Å². The van der Waals surface area contributed by atoms with Gasteiger partial charge in [0.2, 0.25) is 5.91 Å². The number of hydrogen-bond acceptors (Lipinski definition) is 7. The van der Waals surface area contributed by atoms with Gasteiger partial charge in [0.05, 0.1) is 11.4 Å². The smallest absolute Gasteiger partial charge is 0.246 e. The van der Waals surface area contributed by atoms with Crippen LogP contribution >= 0.6 is 11.6 Å². The van der Waals surface area contributed by atoms with Crippen LogP contribution < -0.4 is 15.8 Å². The van der Waals surface area contributed by atoms with Crippen LogP contribution in [0.4, 0.5) is 5.82 Å². The van der Waals surface area contributed by atoms with E-state index in [0.29, 0.717) is 47.4 Å². The molecule has 9 nitrogen and oxygen atoms in total. The monoisotopic (exact) mass is 574 g/mol. The summed E-state index contributed by atoms with van der Waals surface area (Å²) in [7, 11) is 1.84. The second-order valence-electron chi connectivity index (χ2n) is 9.94. The molecule has 10 heteroatoms. The summed E-state index contributed by atoms with van der Waals surface area (Å²) in [5.41, 5.74) is 8.64. The van der Waals surface area contributed by atoms with Gasteiger partial charge in [0.25, 0.3) is 0 Å². The van der Waals surface area contributed by atoms with Crippen LogP contribution in [0.5, 0.6) is 11.5 Å². The lowest BCUT2D eigenvalue weighted by Gasteiger charge is -2.17. The number of carbonyl (C=O) groups is 1. The fraction of sp³-hybridized carbons (Fsp3) is 0.323. The molecule has 0 radical (unpaired) electrons. The Labute approximate surface area is 244 Å². The van der Waals surface area contributed by atoms with Crippen molar-refractivity contribution in [2.24, 2.45) is 0 Å². The lowest BCUT2D eigenvalue weighted by molar-refractivity contribution is -0.125. The highest BCUT2D eigenvalue weighted by Crippen LogP contribution is 2.43. The molecule has 214 valence electrons. The van der Waals surface area contributed by atoms with Crippen molar-refractivity contribution in [3.8, 4) is 22.6 Å². The van der Waals surface area contributed by atoms with Crippen molar-refractivity contribution in [3.05, 3.63) is 78.2 Å². The zero-order valence-corrected chi connectivity index (χ0v) is 23.9. The number of para-hydroxylation sites is 1. The summed E-state index contributed by atoms with van der Waals surface area (Å²) >= 11 is 7.02. The van der Waals surface area contributed by atoms with Crippen molar-refractivity contribution in [2.75, 3.05) is 45.6 Å². The minimum atomic E-state index is -0.0228. The van der Waals surface area contributed by atoms with E-state index < -0.39 is 0 Å². The molecule has 2 fully saturated rings. The number of nitrogen functional groups attached to an aromatic ring is 1. The number of ether oxygens (including phenoxy) is 2. The predicted octanol–water partition coefficient (Wildman–Crippen LogP) is 5.47. The summed E-state index contributed by atoms with van der Waals surface area (Å²) in [4.78, 5) is 23.2. The van der Waals surface area contributed by atoms with Crippen LogP contribution in [0.1, 0.15) is 25.3 Å². The average molecular weight is 575 g/mol. The fourth-order valence-electron chi connectivity index (χ4n) is 5.09. The number of likely N-dealkylation sites (tertiary alicyclic amines) is 1. The molecule has 6 rings (SSSR count). The molecule has 0 saturated carbocycles. The van der Waals surface area contributed by atoms with Gasteiger partial charge in [-0.25, -0.2) is 9.97 Å². The Bertz CT molecular complexity index is 1480. The van der Waals surface area contributed by atoms with Gasteiger partial charge >= 0.3 is 0 Å². The minimum Gasteiger partial charge on any atom is -0.457 e. The first kappa shape index (κ1) is 28.6. The number of benzene rings is 2. The zero-order chi connectivity index (χ0) is 28.6. The fourth-order valence-corrected chi connectivity index (χ4v) is 5.51. The van der Waals surface area contributed by atoms with Gasteiger partial charge in [0.15, 0.2) is 0 Å². The molecular formula is C31H35ClN6O3. The zero-order valence-electron chi connectivity index (χ0n) is 23.1. The Morgan fingerprint density at radius 3 is 2.54 bits per heavy atom. The highest BCUT2D eigenvalue weighted by Gasteiger charge is 2.31. The number of anilines is 1. The maximum atomic E-state index is 12.6. The van der Waals surface area contributed by atoms with Crippen LogP contribution in [-0.2, 0) is 9.53 Å². The van der Waals surface area contributed by atoms with E-state index in [4.69, 9.17) is 26.8 Å². The van der Waals surface area contributed by atoms with Gasteiger partial charge in [-0.1, -0.05) is 48.0 Å². The van der Waals surface area contributed by atoms with E-state index in [1.165, 1.54) is 19.2 Å². The number of aromatic nitrogens is 3. The molecule has 2 aliphatic heterocycles. The Hall–Kier alpha value is -3.92. The quantitative estimate of drug-likeness (QED) is 0.282. The third-order valence-electron chi connectivity index (χ3n) is 7.12. The summed E-state index contributed by atoms with van der Waals surface area (Å²) in [6.45, 7) is 3.83. The van der Waals surface area contributed by atoms with Gasteiger partial charge in [-0.15, -0.1) is 0 Å². The molecular weight excluding hydrogens is 540 g/mol. The largest absolute Gasteiger partial charge is 0.457 e. The van der Waals surface area contributed by atoms with Gasteiger partial charge in [0.1, 0.15) is 34.4 Å². The summed E-state index contributed by atoms with van der Waals surface area (Å²) in [6.07, 6.45) is 8.20. The first-order valence-corrected chi connectivity index (χ1v) is 14.3. The topological polar surface area (TPSA) is 108 Å². The third kappa shape index (κ3) is 6.70. The van der Waals surface area contributed by atoms with Crippen LogP contribution in [0.2, 0.25) is 5.15 Å². The standard InChI is InChI=1S/C27H27ClN6O2.C4H8O/c1-30-14-5-8-22(35)33-15-13-19(16-33)34-25(28)23(24-26(29)31-17-32-27(24)34)18-9-11-21(12-10-18)36-20-6-3-2-4-7-20;1-2-4-5-3-1/h2-12,17,19,30H,13-16H2,1H3,(H2,29,31,32);1-4H2/b8-5+;. The number of carbonyl (C=O) groups excluding carboxylic acids is 1. The highest BCUT2D eigenvalue weighted by molar-refractivity contribution is 6.35. The molecule has 4 heterocycles. The van der Waals surface area contributed by atoms with Gasteiger partial charge in [-0.05, 0) is 56.1 Å². The van der Waals surface area contributed by atoms with E-state index in [0.717, 1.165) is 36.5 Å². The Morgan fingerprint density at radius 2 is 1.85 bits per heavy atom. The summed E-state index contributed by atoms with van der Waals surface area (Å²) < 4.78 is 12.9. The van der Waals surface area contributed by atoms with Gasteiger partial charge < -0.3 is 30.0 Å². The Balaban J connectivity index is 0.000000610. The van der Waals surface area contributed by atoms with Crippen LogP contribution in [0.15, 0.2) is 73.1 Å². The molecule has 0 aliphatic carbocycles. The molecule has 2 saturated heterocycles. The van der Waals surface area contributed by atoms with Gasteiger partial charge in [0, 0.05) is 44.5 Å². The van der Waals surface area contributed by atoms with E-state index in [2.05, 4.69) is 15.3 Å². The van der Waals surface area contributed by atoms with E-state index in [1.807, 2.05) is 77.2 Å². The Kier molecular flexibility index (Phi) is 9.51. The second kappa shape index (κ2) is 13.6. The van der Waals surface area contributed by atoms with Crippen molar-refractivity contribution in [1.82, 2.24) is 24.8 Å². The second-order valence-corrected chi connectivity index (χ2v) is 10.3. The lowest BCUT2D eigenvalue weighted by atomic mass is 10.1. The minimum absolute atomic E-state index is 0.0105. The van der Waals surface area contributed by atoms with Gasteiger partial charge in [-0.2, -0.15) is 0 Å². The molecule has 0 bridgehead atoms. The highest BCUT2D eigenvalue weighted by atomic mass is 35.5. The number of rotatable bonds is 7. The average Bonchev–Trinajstić information content (AvgIpc) is 3.77. The van der Waals surface area contributed by atoms with Crippen LogP contribution in [0, 0.1) is 0 Å². The maximum absolute atomic E-state index is 12.6. The van der Waals surface area contributed by atoms with E-state index >= 15 is 0 Å². The van der Waals surface area contributed by atoms with Crippen LogP contribution in [0.3, 0.4) is 0 Å². The van der Waals surface area contributed by atoms with Gasteiger partial charge in [-0.3, -0.25) is 4.79 Å². The molecule has 2 aromatic heterocycles. The molecule has 1 atom stereocenters. The van der Waals surface area contributed by atoms with Crippen molar-refractivity contribution in [1.29, 1.82) is 0 Å². The molecule has 4 aromatic rings. The van der Waals surface area contributed by atoms with Crippen molar-refractivity contribution in [3.63, 3.8) is 0 Å². The molecule has 2 aliphatic rings. The SMILES string of the molecule is C1CCOC1.CNC/C=C/C(=O)N1CCC(n2c(Cl)c(-c3ccc(Oc4ccccc4)cc3)c3c(N)ncnc32)C1. The number of nitrogens with zero attached hydrogens (tertiary/aromatic N) is 4.